The van der Waals surface area contributed by atoms with Crippen LogP contribution in [0, 0.1) is 5.82 Å². The molecule has 0 aromatic heterocycles. The van der Waals surface area contributed by atoms with Crippen molar-refractivity contribution in [3.05, 3.63) is 71.5 Å². The summed E-state index contributed by atoms with van der Waals surface area (Å²) in [6.07, 6.45) is 2.19. The number of benzene rings is 2. The number of halogens is 1. The van der Waals surface area contributed by atoms with Crippen molar-refractivity contribution in [1.82, 2.24) is 5.32 Å². The van der Waals surface area contributed by atoms with E-state index in [9.17, 15) is 9.18 Å². The minimum atomic E-state index is -0.266. The summed E-state index contributed by atoms with van der Waals surface area (Å²) in [6, 6.07) is 15.7. The van der Waals surface area contributed by atoms with Gasteiger partial charge in [-0.3, -0.25) is 4.79 Å². The molecule has 1 amide bonds. The van der Waals surface area contributed by atoms with Crippen molar-refractivity contribution in [3.63, 3.8) is 0 Å². The number of hydrogen-bond donors (Lipinski definition) is 1. The molecule has 0 heterocycles. The summed E-state index contributed by atoms with van der Waals surface area (Å²) < 4.78 is 12.7. The quantitative estimate of drug-likeness (QED) is 0.631. The molecule has 2 rings (SSSR count). The molecular weight excluding hydrogens is 283 g/mol. The Hall–Kier alpha value is -2.69. The van der Waals surface area contributed by atoms with Crippen molar-refractivity contribution in [2.75, 3.05) is 13.2 Å². The van der Waals surface area contributed by atoms with Gasteiger partial charge in [0.2, 0.25) is 0 Å². The average molecular weight is 300 g/mol. The maximum absolute atomic E-state index is 12.7. The molecule has 0 saturated heterocycles. The van der Waals surface area contributed by atoms with Crippen LogP contribution >= 0.6 is 0 Å². The Morgan fingerprint density at radius 2 is 1.86 bits per heavy atom. The first kappa shape index (κ1) is 15.7. The summed E-state index contributed by atoms with van der Waals surface area (Å²) in [5, 5.41) is 6.44. The van der Waals surface area contributed by atoms with Gasteiger partial charge in [-0.05, 0) is 29.7 Å². The summed E-state index contributed by atoms with van der Waals surface area (Å²) in [6.45, 7) is 0.336. The van der Waals surface area contributed by atoms with Crippen LogP contribution in [0.2, 0.25) is 0 Å². The SMILES string of the molecule is O=C(CO/N=C\c1ccccc1)NCCc1ccc(F)cc1. The first-order chi connectivity index (χ1) is 10.7. The van der Waals surface area contributed by atoms with Gasteiger partial charge in [0.15, 0.2) is 6.61 Å². The van der Waals surface area contributed by atoms with Crippen LogP contribution in [0.4, 0.5) is 4.39 Å². The second-order valence-corrected chi connectivity index (χ2v) is 4.65. The van der Waals surface area contributed by atoms with Crippen molar-refractivity contribution in [2.45, 2.75) is 6.42 Å². The Balaban J connectivity index is 1.62. The van der Waals surface area contributed by atoms with Crippen LogP contribution < -0.4 is 5.32 Å². The molecule has 0 saturated carbocycles. The van der Waals surface area contributed by atoms with E-state index in [0.29, 0.717) is 13.0 Å². The van der Waals surface area contributed by atoms with Crippen LogP contribution in [0.15, 0.2) is 59.8 Å². The van der Waals surface area contributed by atoms with E-state index in [0.717, 1.165) is 11.1 Å². The smallest absolute Gasteiger partial charge is 0.260 e. The largest absolute Gasteiger partial charge is 0.386 e. The zero-order chi connectivity index (χ0) is 15.6. The van der Waals surface area contributed by atoms with Gasteiger partial charge in [0, 0.05) is 6.54 Å². The lowest BCUT2D eigenvalue weighted by Crippen LogP contribution is -2.28. The van der Waals surface area contributed by atoms with E-state index in [2.05, 4.69) is 10.5 Å². The van der Waals surface area contributed by atoms with Crippen molar-refractivity contribution in [1.29, 1.82) is 0 Å². The Morgan fingerprint density at radius 3 is 2.59 bits per heavy atom. The van der Waals surface area contributed by atoms with Crippen LogP contribution in [-0.4, -0.2) is 25.3 Å². The number of oxime groups is 1. The number of hydrogen-bond acceptors (Lipinski definition) is 3. The molecule has 5 heteroatoms. The third-order valence-corrected chi connectivity index (χ3v) is 2.92. The van der Waals surface area contributed by atoms with Crippen LogP contribution in [0.1, 0.15) is 11.1 Å². The molecule has 2 aromatic rings. The molecule has 0 radical (unpaired) electrons. The predicted octanol–water partition coefficient (Wildman–Crippen LogP) is 2.54. The van der Waals surface area contributed by atoms with Gasteiger partial charge < -0.3 is 10.2 Å². The molecule has 4 nitrogen and oxygen atoms in total. The Kier molecular flexibility index (Phi) is 6.11. The fourth-order valence-electron chi connectivity index (χ4n) is 1.78. The van der Waals surface area contributed by atoms with Crippen LogP contribution in [0.5, 0.6) is 0 Å². The summed E-state index contributed by atoms with van der Waals surface area (Å²) in [7, 11) is 0. The van der Waals surface area contributed by atoms with Gasteiger partial charge in [0.25, 0.3) is 5.91 Å². The predicted molar refractivity (Wildman–Crippen MR) is 83.1 cm³/mol. The first-order valence-electron chi connectivity index (χ1n) is 6.95. The Bertz CT molecular complexity index is 612. The van der Waals surface area contributed by atoms with Crippen LogP contribution in [0.25, 0.3) is 0 Å². The van der Waals surface area contributed by atoms with Gasteiger partial charge in [-0.2, -0.15) is 0 Å². The highest BCUT2D eigenvalue weighted by atomic mass is 19.1. The standard InChI is InChI=1S/C17H17FN2O2/c18-16-8-6-14(7-9-16)10-11-19-17(21)13-22-20-12-15-4-2-1-3-5-15/h1-9,12H,10-11,13H2,(H,19,21)/b20-12-. The van der Waals surface area contributed by atoms with Crippen molar-refractivity contribution in [3.8, 4) is 0 Å². The second kappa shape index (κ2) is 8.56. The summed E-state index contributed by atoms with van der Waals surface area (Å²) in [5.74, 6) is -0.509. The molecule has 22 heavy (non-hydrogen) atoms. The minimum absolute atomic E-state index is 0.132. The molecule has 0 atom stereocenters. The van der Waals surface area contributed by atoms with Gasteiger partial charge in [-0.1, -0.05) is 47.6 Å². The zero-order valence-corrected chi connectivity index (χ0v) is 12.0. The first-order valence-corrected chi connectivity index (χ1v) is 6.95. The van der Waals surface area contributed by atoms with Gasteiger partial charge >= 0.3 is 0 Å². The van der Waals surface area contributed by atoms with Crippen molar-refractivity contribution < 1.29 is 14.0 Å². The molecule has 0 unspecified atom stereocenters. The highest BCUT2D eigenvalue weighted by Crippen LogP contribution is 2.02. The van der Waals surface area contributed by atoms with Crippen LogP contribution in [0.3, 0.4) is 0 Å². The van der Waals surface area contributed by atoms with Gasteiger partial charge in [-0.15, -0.1) is 0 Å². The maximum Gasteiger partial charge on any atom is 0.260 e. The van der Waals surface area contributed by atoms with Gasteiger partial charge in [0.1, 0.15) is 5.82 Å². The molecule has 2 aromatic carbocycles. The minimum Gasteiger partial charge on any atom is -0.386 e. The summed E-state index contributed by atoms with van der Waals surface area (Å²) in [4.78, 5) is 16.5. The number of rotatable bonds is 7. The topological polar surface area (TPSA) is 50.7 Å². The van der Waals surface area contributed by atoms with Crippen molar-refractivity contribution >= 4 is 12.1 Å². The molecule has 0 aliphatic rings. The molecule has 0 bridgehead atoms. The number of amides is 1. The van der Waals surface area contributed by atoms with Gasteiger partial charge in [-0.25, -0.2) is 4.39 Å². The highest BCUT2D eigenvalue weighted by molar-refractivity contribution is 5.79. The monoisotopic (exact) mass is 300 g/mol. The fourth-order valence-corrected chi connectivity index (χ4v) is 1.78. The molecule has 1 N–H and O–H groups in total. The fraction of sp³-hybridized carbons (Fsp3) is 0.176. The Morgan fingerprint density at radius 1 is 1.14 bits per heavy atom. The number of nitrogens with one attached hydrogen (secondary N) is 1. The van der Waals surface area contributed by atoms with E-state index in [1.165, 1.54) is 12.1 Å². The lowest BCUT2D eigenvalue weighted by Gasteiger charge is -2.04. The molecule has 0 spiro atoms. The van der Waals surface area contributed by atoms with E-state index in [1.54, 1.807) is 18.3 Å². The molecule has 0 fully saturated rings. The van der Waals surface area contributed by atoms with Gasteiger partial charge in [0.05, 0.1) is 6.21 Å². The molecular formula is C17H17FN2O2. The summed E-state index contributed by atoms with van der Waals surface area (Å²) in [5.41, 5.74) is 1.86. The third-order valence-electron chi connectivity index (χ3n) is 2.92. The van der Waals surface area contributed by atoms with E-state index in [-0.39, 0.29) is 18.3 Å². The maximum atomic E-state index is 12.7. The molecule has 0 aliphatic carbocycles. The summed E-state index contributed by atoms with van der Waals surface area (Å²) >= 11 is 0. The zero-order valence-electron chi connectivity index (χ0n) is 12.0. The number of carbonyl (C=O) groups is 1. The second-order valence-electron chi connectivity index (χ2n) is 4.65. The molecule has 0 aliphatic heterocycles. The highest BCUT2D eigenvalue weighted by Gasteiger charge is 2.01. The van der Waals surface area contributed by atoms with E-state index in [1.807, 2.05) is 30.3 Å². The van der Waals surface area contributed by atoms with Crippen molar-refractivity contribution in [2.24, 2.45) is 5.16 Å². The van der Waals surface area contributed by atoms with E-state index in [4.69, 9.17) is 4.84 Å². The Labute approximate surface area is 128 Å². The van der Waals surface area contributed by atoms with E-state index < -0.39 is 0 Å². The number of nitrogens with zero attached hydrogens (tertiary/aromatic N) is 1. The molecule has 114 valence electrons. The van der Waals surface area contributed by atoms with E-state index >= 15 is 0 Å². The number of carbonyl (C=O) groups excluding carboxylic acids is 1. The average Bonchev–Trinajstić information content (AvgIpc) is 2.54. The lowest BCUT2D eigenvalue weighted by atomic mass is 10.1. The lowest BCUT2D eigenvalue weighted by molar-refractivity contribution is -0.125. The third kappa shape index (κ3) is 5.75. The van der Waals surface area contributed by atoms with Crippen LogP contribution in [-0.2, 0) is 16.1 Å². The normalized spacial score (nSPS) is 10.6.